The Labute approximate surface area is 261 Å². The Bertz CT molecular complexity index is 1230. The number of aliphatic hydroxyl groups is 3. The number of carbonyl (C=O) groups excluding carboxylic acids is 2. The quantitative estimate of drug-likeness (QED) is 0.210. The van der Waals surface area contributed by atoms with Crippen LogP contribution in [0.4, 0.5) is 0 Å². The predicted molar refractivity (Wildman–Crippen MR) is 167 cm³/mol. The number of methoxy groups -OCH3 is 1. The van der Waals surface area contributed by atoms with Crippen LogP contribution in [0.1, 0.15) is 56.1 Å². The topological polar surface area (TPSA) is 129 Å². The molecule has 42 heavy (non-hydrogen) atoms. The SMILES string of the molecule is COc1cc(CO)cc(I)c1O[C@H]1C=C(C(=O)NCCO)C[C@@H](N(C(=O)Cc2ccccc2)C2CCCCCC2)[C@@H]1O. The molecule has 1 saturated carbocycles. The van der Waals surface area contributed by atoms with Gasteiger partial charge >= 0.3 is 0 Å². The summed E-state index contributed by atoms with van der Waals surface area (Å²) in [6.07, 6.45) is 5.74. The molecular weight excluding hydrogens is 651 g/mol. The fraction of sp³-hybridized carbons (Fsp3) is 0.500. The maximum atomic E-state index is 14.1. The molecule has 2 aromatic rings. The van der Waals surface area contributed by atoms with Crippen LogP contribution in [0.2, 0.25) is 0 Å². The highest BCUT2D eigenvalue weighted by atomic mass is 127. The zero-order valence-corrected chi connectivity index (χ0v) is 26.2. The molecular formula is C32H41IN2O7. The lowest BCUT2D eigenvalue weighted by Crippen LogP contribution is -2.58. The van der Waals surface area contributed by atoms with Crippen molar-refractivity contribution in [1.29, 1.82) is 0 Å². The zero-order chi connectivity index (χ0) is 30.1. The van der Waals surface area contributed by atoms with Crippen molar-refractivity contribution < 1.29 is 34.4 Å². The molecule has 0 aliphatic heterocycles. The fourth-order valence-electron chi connectivity index (χ4n) is 5.92. The smallest absolute Gasteiger partial charge is 0.247 e. The molecule has 0 unspecified atom stereocenters. The molecule has 1 fully saturated rings. The summed E-state index contributed by atoms with van der Waals surface area (Å²) < 4.78 is 12.6. The summed E-state index contributed by atoms with van der Waals surface area (Å²) in [5, 5.41) is 33.6. The summed E-state index contributed by atoms with van der Waals surface area (Å²) in [7, 11) is 1.50. The molecule has 4 N–H and O–H groups in total. The third-order valence-corrected chi connectivity index (χ3v) is 8.80. The van der Waals surface area contributed by atoms with Crippen molar-refractivity contribution in [2.75, 3.05) is 20.3 Å². The van der Waals surface area contributed by atoms with E-state index in [1.165, 1.54) is 7.11 Å². The monoisotopic (exact) mass is 692 g/mol. The number of amides is 2. The second-order valence-electron chi connectivity index (χ2n) is 10.9. The van der Waals surface area contributed by atoms with E-state index in [4.69, 9.17) is 9.47 Å². The Hall–Kier alpha value is -2.67. The first kappa shape index (κ1) is 32.2. The van der Waals surface area contributed by atoms with Gasteiger partial charge in [-0.3, -0.25) is 9.59 Å². The molecule has 0 spiro atoms. The van der Waals surface area contributed by atoms with E-state index in [9.17, 15) is 24.9 Å². The minimum Gasteiger partial charge on any atom is -0.493 e. The molecule has 2 aromatic carbocycles. The highest BCUT2D eigenvalue weighted by molar-refractivity contribution is 14.1. The fourth-order valence-corrected chi connectivity index (χ4v) is 6.71. The molecule has 228 valence electrons. The Morgan fingerprint density at radius 3 is 2.40 bits per heavy atom. The number of carbonyl (C=O) groups is 2. The van der Waals surface area contributed by atoms with E-state index in [0.717, 1.165) is 44.1 Å². The largest absolute Gasteiger partial charge is 0.493 e. The van der Waals surface area contributed by atoms with Gasteiger partial charge in [0, 0.05) is 24.6 Å². The van der Waals surface area contributed by atoms with Crippen molar-refractivity contribution >= 4 is 34.4 Å². The van der Waals surface area contributed by atoms with Crippen molar-refractivity contribution in [2.24, 2.45) is 0 Å². The number of nitrogens with zero attached hydrogens (tertiary/aromatic N) is 1. The number of hydrogen-bond donors (Lipinski definition) is 4. The van der Waals surface area contributed by atoms with Crippen molar-refractivity contribution in [3.63, 3.8) is 0 Å². The summed E-state index contributed by atoms with van der Waals surface area (Å²) >= 11 is 2.09. The molecule has 3 atom stereocenters. The summed E-state index contributed by atoms with van der Waals surface area (Å²) in [4.78, 5) is 29.1. The summed E-state index contributed by atoms with van der Waals surface area (Å²) in [5.74, 6) is 0.305. The minimum absolute atomic E-state index is 0.0672. The normalized spacial score (nSPS) is 21.2. The van der Waals surface area contributed by atoms with E-state index in [1.54, 1.807) is 18.2 Å². The van der Waals surface area contributed by atoms with Crippen molar-refractivity contribution in [2.45, 2.75) is 82.3 Å². The van der Waals surface area contributed by atoms with E-state index in [2.05, 4.69) is 27.9 Å². The third kappa shape index (κ3) is 8.03. The number of hydrogen-bond acceptors (Lipinski definition) is 7. The second-order valence-corrected chi connectivity index (χ2v) is 12.1. The number of aliphatic hydroxyl groups excluding tert-OH is 3. The molecule has 10 heteroatoms. The molecule has 2 amide bonds. The van der Waals surface area contributed by atoms with Gasteiger partial charge in [0.25, 0.3) is 0 Å². The maximum absolute atomic E-state index is 14.1. The van der Waals surface area contributed by atoms with Crippen LogP contribution in [-0.2, 0) is 22.6 Å². The number of halogens is 1. The number of nitrogens with one attached hydrogen (secondary N) is 1. The predicted octanol–water partition coefficient (Wildman–Crippen LogP) is 3.50. The van der Waals surface area contributed by atoms with E-state index in [-0.39, 0.29) is 50.5 Å². The summed E-state index contributed by atoms with van der Waals surface area (Å²) in [6, 6.07) is 12.2. The molecule has 0 radical (unpaired) electrons. The zero-order valence-electron chi connectivity index (χ0n) is 24.0. The molecule has 0 bridgehead atoms. The average molecular weight is 693 g/mol. The van der Waals surface area contributed by atoms with Gasteiger partial charge in [-0.05, 0) is 64.8 Å². The standard InChI is InChI=1S/C32H41IN2O7/c1-41-28-16-22(20-37)15-25(33)31(28)42-27-19-23(32(40)34-13-14-36)18-26(30(27)39)35(24-11-7-2-3-8-12-24)29(38)17-21-9-5-4-6-10-21/h4-6,9-10,15-16,19,24,26-27,30,36-37,39H,2-3,7-8,11-14,17-18,20H2,1H3,(H,34,40)/t26-,27+,30+/m1/s1. The van der Waals surface area contributed by atoms with Crippen LogP contribution in [0, 0.1) is 3.57 Å². The lowest BCUT2D eigenvalue weighted by molar-refractivity contribution is -0.142. The van der Waals surface area contributed by atoms with Gasteiger partial charge in [-0.25, -0.2) is 0 Å². The molecule has 2 aliphatic rings. The third-order valence-electron chi connectivity index (χ3n) is 8.00. The van der Waals surface area contributed by atoms with Gasteiger partial charge in [0.1, 0.15) is 12.2 Å². The van der Waals surface area contributed by atoms with Gasteiger partial charge in [0.15, 0.2) is 11.5 Å². The van der Waals surface area contributed by atoms with Crippen LogP contribution in [0.25, 0.3) is 0 Å². The second kappa shape index (κ2) is 15.7. The molecule has 2 aliphatic carbocycles. The molecule has 0 heterocycles. The van der Waals surface area contributed by atoms with Crippen LogP contribution in [0.5, 0.6) is 11.5 Å². The number of benzene rings is 2. The van der Waals surface area contributed by atoms with E-state index in [0.29, 0.717) is 26.2 Å². The molecule has 0 saturated heterocycles. The number of rotatable bonds is 11. The van der Waals surface area contributed by atoms with Crippen LogP contribution >= 0.6 is 22.6 Å². The summed E-state index contributed by atoms with van der Waals surface area (Å²) in [6.45, 7) is -0.292. The molecule has 9 nitrogen and oxygen atoms in total. The van der Waals surface area contributed by atoms with E-state index in [1.807, 2.05) is 35.2 Å². The van der Waals surface area contributed by atoms with Gasteiger partial charge in [-0.1, -0.05) is 56.0 Å². The van der Waals surface area contributed by atoms with Gasteiger partial charge < -0.3 is 35.0 Å². The average Bonchev–Trinajstić information content (AvgIpc) is 3.28. The minimum atomic E-state index is -1.12. The Morgan fingerprint density at radius 1 is 1.05 bits per heavy atom. The highest BCUT2D eigenvalue weighted by Gasteiger charge is 2.43. The van der Waals surface area contributed by atoms with Gasteiger partial charge in [0.05, 0.1) is 36.4 Å². The first-order chi connectivity index (χ1) is 20.4. The molecule has 4 rings (SSSR count). The van der Waals surface area contributed by atoms with Crippen molar-refractivity contribution in [3.8, 4) is 11.5 Å². The Morgan fingerprint density at radius 2 is 1.76 bits per heavy atom. The molecule has 0 aromatic heterocycles. The maximum Gasteiger partial charge on any atom is 0.247 e. The highest BCUT2D eigenvalue weighted by Crippen LogP contribution is 2.38. The van der Waals surface area contributed by atoms with Gasteiger partial charge in [0.2, 0.25) is 11.8 Å². The van der Waals surface area contributed by atoms with Crippen molar-refractivity contribution in [1.82, 2.24) is 10.2 Å². The first-order valence-corrected chi connectivity index (χ1v) is 15.7. The van der Waals surface area contributed by atoms with Crippen LogP contribution in [0.3, 0.4) is 0 Å². The Balaban J connectivity index is 1.73. The lowest BCUT2D eigenvalue weighted by atomic mass is 9.86. The number of ether oxygens (including phenoxy) is 2. The van der Waals surface area contributed by atoms with Crippen molar-refractivity contribution in [3.05, 3.63) is 68.8 Å². The Kier molecular flexibility index (Phi) is 12.1. The summed E-state index contributed by atoms with van der Waals surface area (Å²) in [5.41, 5.74) is 1.92. The van der Waals surface area contributed by atoms with Gasteiger partial charge in [-0.15, -0.1) is 0 Å². The van der Waals surface area contributed by atoms with Crippen LogP contribution in [0.15, 0.2) is 54.1 Å². The van der Waals surface area contributed by atoms with Crippen LogP contribution < -0.4 is 14.8 Å². The van der Waals surface area contributed by atoms with Crippen LogP contribution in [-0.4, -0.2) is 76.6 Å². The van der Waals surface area contributed by atoms with E-state index < -0.39 is 18.2 Å². The van der Waals surface area contributed by atoms with Gasteiger partial charge in [-0.2, -0.15) is 0 Å². The first-order valence-electron chi connectivity index (χ1n) is 14.6. The lowest BCUT2D eigenvalue weighted by Gasteiger charge is -2.44. The van der Waals surface area contributed by atoms with E-state index >= 15 is 0 Å².